The van der Waals surface area contributed by atoms with Gasteiger partial charge in [0, 0.05) is 17.9 Å². The molecule has 0 atom stereocenters. The van der Waals surface area contributed by atoms with Crippen molar-refractivity contribution in [2.75, 3.05) is 5.32 Å². The third-order valence-electron chi connectivity index (χ3n) is 4.72. The summed E-state index contributed by atoms with van der Waals surface area (Å²) in [7, 11) is 0. The van der Waals surface area contributed by atoms with E-state index in [9.17, 15) is 4.79 Å². The number of rotatable bonds is 5. The molecule has 0 radical (unpaired) electrons. The van der Waals surface area contributed by atoms with E-state index in [2.05, 4.69) is 31.4 Å². The molecule has 0 saturated heterocycles. The molecule has 1 aromatic carbocycles. The Morgan fingerprint density at radius 1 is 1.07 bits per heavy atom. The first-order chi connectivity index (χ1) is 12.8. The Morgan fingerprint density at radius 3 is 2.37 bits per heavy atom. The normalized spacial score (nSPS) is 11.0. The van der Waals surface area contributed by atoms with Crippen LogP contribution < -0.4 is 5.32 Å². The second-order valence-corrected chi connectivity index (χ2v) is 7.45. The van der Waals surface area contributed by atoms with Crippen LogP contribution in [0.4, 0.5) is 5.69 Å². The first-order valence-electron chi connectivity index (χ1n) is 8.95. The number of nitrogens with zero attached hydrogens (tertiary/aromatic N) is 4. The van der Waals surface area contributed by atoms with Gasteiger partial charge in [0.2, 0.25) is 0 Å². The molecule has 0 aliphatic carbocycles. The van der Waals surface area contributed by atoms with Crippen molar-refractivity contribution in [2.45, 2.75) is 47.7 Å². The van der Waals surface area contributed by atoms with Crippen LogP contribution in [0.3, 0.4) is 0 Å². The molecular formula is C20H24BrN5O. The maximum Gasteiger partial charge on any atom is 0.259 e. The maximum atomic E-state index is 12.8. The third-order valence-corrected chi connectivity index (χ3v) is 5.87. The summed E-state index contributed by atoms with van der Waals surface area (Å²) in [5.74, 6) is -0.129. The van der Waals surface area contributed by atoms with Crippen LogP contribution in [0, 0.1) is 27.7 Å². The zero-order valence-corrected chi connectivity index (χ0v) is 17.9. The number of aryl methyl sites for hydroxylation is 3. The molecule has 1 amide bonds. The molecule has 0 fully saturated rings. The fraction of sp³-hybridized carbons (Fsp3) is 0.350. The molecule has 6 nitrogen and oxygen atoms in total. The van der Waals surface area contributed by atoms with E-state index in [4.69, 9.17) is 0 Å². The lowest BCUT2D eigenvalue weighted by atomic mass is 10.1. The lowest BCUT2D eigenvalue weighted by molar-refractivity contribution is 0.102. The van der Waals surface area contributed by atoms with Gasteiger partial charge in [-0.2, -0.15) is 10.2 Å². The highest BCUT2D eigenvalue weighted by molar-refractivity contribution is 9.10. The van der Waals surface area contributed by atoms with Crippen LogP contribution in [0.1, 0.15) is 45.6 Å². The van der Waals surface area contributed by atoms with Crippen molar-refractivity contribution >= 4 is 27.5 Å². The summed E-state index contributed by atoms with van der Waals surface area (Å²) in [5.41, 5.74) is 6.16. The number of amides is 1. The molecule has 0 aliphatic heterocycles. The van der Waals surface area contributed by atoms with E-state index in [1.165, 1.54) is 0 Å². The van der Waals surface area contributed by atoms with E-state index in [1.54, 1.807) is 0 Å². The predicted octanol–water partition coefficient (Wildman–Crippen LogP) is 4.40. The molecule has 0 saturated carbocycles. The number of benzene rings is 1. The number of hydrogen-bond donors (Lipinski definition) is 1. The fourth-order valence-electron chi connectivity index (χ4n) is 3.28. The van der Waals surface area contributed by atoms with Gasteiger partial charge in [-0.1, -0.05) is 12.1 Å². The summed E-state index contributed by atoms with van der Waals surface area (Å²) >= 11 is 3.56. The Hall–Kier alpha value is -2.41. The topological polar surface area (TPSA) is 64.7 Å². The fourth-order valence-corrected chi connectivity index (χ4v) is 3.56. The van der Waals surface area contributed by atoms with Gasteiger partial charge in [0.15, 0.2) is 0 Å². The first-order valence-corrected chi connectivity index (χ1v) is 9.75. The van der Waals surface area contributed by atoms with Crippen LogP contribution in [-0.2, 0) is 13.1 Å². The molecule has 3 rings (SSSR count). The monoisotopic (exact) mass is 429 g/mol. The van der Waals surface area contributed by atoms with Gasteiger partial charge >= 0.3 is 0 Å². The summed E-state index contributed by atoms with van der Waals surface area (Å²) in [4.78, 5) is 12.8. The van der Waals surface area contributed by atoms with Crippen molar-refractivity contribution in [2.24, 2.45) is 0 Å². The van der Waals surface area contributed by atoms with E-state index >= 15 is 0 Å². The Labute approximate surface area is 167 Å². The van der Waals surface area contributed by atoms with E-state index < -0.39 is 0 Å². The van der Waals surface area contributed by atoms with Gasteiger partial charge < -0.3 is 5.32 Å². The largest absolute Gasteiger partial charge is 0.322 e. The predicted molar refractivity (Wildman–Crippen MR) is 110 cm³/mol. The number of carbonyl (C=O) groups excluding carboxylic acids is 1. The van der Waals surface area contributed by atoms with Crippen LogP contribution in [-0.4, -0.2) is 25.5 Å². The van der Waals surface area contributed by atoms with Crippen LogP contribution in [0.2, 0.25) is 0 Å². The van der Waals surface area contributed by atoms with Crippen LogP contribution in [0.5, 0.6) is 0 Å². The number of hydrogen-bond acceptors (Lipinski definition) is 3. The summed E-state index contributed by atoms with van der Waals surface area (Å²) in [5, 5.41) is 12.0. The average Bonchev–Trinajstić information content (AvgIpc) is 3.05. The molecule has 0 bridgehead atoms. The van der Waals surface area contributed by atoms with Crippen LogP contribution >= 0.6 is 15.9 Å². The molecule has 7 heteroatoms. The highest BCUT2D eigenvalue weighted by Gasteiger charge is 2.18. The average molecular weight is 430 g/mol. The standard InChI is InChI=1S/C20H24BrN5O/c1-6-25-14(4)18(12(2)23-25)20(27)22-17-9-7-8-16(10-17)11-26-15(5)19(21)13(3)24-26/h7-10H,6,11H2,1-5H3,(H,22,27). The summed E-state index contributed by atoms with van der Waals surface area (Å²) in [6, 6.07) is 7.86. The van der Waals surface area contributed by atoms with Crippen molar-refractivity contribution in [1.29, 1.82) is 0 Å². The van der Waals surface area contributed by atoms with Crippen molar-refractivity contribution < 1.29 is 4.79 Å². The second-order valence-electron chi connectivity index (χ2n) is 6.66. The zero-order valence-electron chi connectivity index (χ0n) is 16.3. The van der Waals surface area contributed by atoms with Gasteiger partial charge in [-0.25, -0.2) is 0 Å². The Morgan fingerprint density at radius 2 is 1.78 bits per heavy atom. The summed E-state index contributed by atoms with van der Waals surface area (Å²) < 4.78 is 4.84. The molecule has 142 valence electrons. The minimum Gasteiger partial charge on any atom is -0.322 e. The molecule has 3 aromatic rings. The lowest BCUT2D eigenvalue weighted by Gasteiger charge is -2.09. The summed E-state index contributed by atoms with van der Waals surface area (Å²) in [6.45, 7) is 11.2. The molecule has 0 aliphatic rings. The highest BCUT2D eigenvalue weighted by atomic mass is 79.9. The highest BCUT2D eigenvalue weighted by Crippen LogP contribution is 2.22. The number of halogens is 1. The van der Waals surface area contributed by atoms with Gasteiger partial charge in [-0.05, 0) is 68.2 Å². The van der Waals surface area contributed by atoms with Crippen LogP contribution in [0.15, 0.2) is 28.7 Å². The van der Waals surface area contributed by atoms with Crippen molar-refractivity contribution in [3.63, 3.8) is 0 Å². The van der Waals surface area contributed by atoms with E-state index in [-0.39, 0.29) is 5.91 Å². The van der Waals surface area contributed by atoms with Gasteiger partial charge in [0.25, 0.3) is 5.91 Å². The molecule has 1 N–H and O–H groups in total. The van der Waals surface area contributed by atoms with E-state index in [0.29, 0.717) is 12.1 Å². The molecule has 0 spiro atoms. The van der Waals surface area contributed by atoms with Crippen molar-refractivity contribution in [3.05, 3.63) is 62.6 Å². The SMILES string of the molecule is CCn1nc(C)c(C(=O)Nc2cccc(Cn3nc(C)c(Br)c3C)c2)c1C. The molecule has 2 aromatic heterocycles. The minimum atomic E-state index is -0.129. The number of nitrogens with one attached hydrogen (secondary N) is 1. The van der Waals surface area contributed by atoms with Crippen molar-refractivity contribution in [1.82, 2.24) is 19.6 Å². The molecule has 0 unspecified atom stereocenters. The minimum absolute atomic E-state index is 0.129. The van der Waals surface area contributed by atoms with E-state index in [1.807, 2.05) is 68.2 Å². The Balaban J connectivity index is 1.81. The second kappa shape index (κ2) is 7.68. The quantitative estimate of drug-likeness (QED) is 0.653. The Bertz CT molecular complexity index is 1000. The third kappa shape index (κ3) is 3.83. The zero-order chi connectivity index (χ0) is 19.7. The van der Waals surface area contributed by atoms with Gasteiger partial charge in [-0.15, -0.1) is 0 Å². The molecule has 2 heterocycles. The molecular weight excluding hydrogens is 406 g/mol. The maximum absolute atomic E-state index is 12.8. The smallest absolute Gasteiger partial charge is 0.259 e. The van der Waals surface area contributed by atoms with Gasteiger partial charge in [0.1, 0.15) is 0 Å². The first kappa shape index (κ1) is 19.4. The number of aromatic nitrogens is 4. The summed E-state index contributed by atoms with van der Waals surface area (Å²) in [6.07, 6.45) is 0. The van der Waals surface area contributed by atoms with Gasteiger partial charge in [-0.3, -0.25) is 14.2 Å². The lowest BCUT2D eigenvalue weighted by Crippen LogP contribution is -2.14. The molecule has 27 heavy (non-hydrogen) atoms. The van der Waals surface area contributed by atoms with E-state index in [0.717, 1.165) is 45.0 Å². The van der Waals surface area contributed by atoms with Crippen LogP contribution in [0.25, 0.3) is 0 Å². The number of anilines is 1. The van der Waals surface area contributed by atoms with Gasteiger partial charge in [0.05, 0.1) is 33.7 Å². The Kier molecular flexibility index (Phi) is 5.51. The van der Waals surface area contributed by atoms with Crippen molar-refractivity contribution in [3.8, 4) is 0 Å². The number of carbonyl (C=O) groups is 1.